The number of ether oxygens (including phenoxy) is 2. The molecule has 8 nitrogen and oxygen atoms in total. The Bertz CT molecular complexity index is 1340. The van der Waals surface area contributed by atoms with Gasteiger partial charge in [0.25, 0.3) is 0 Å². The summed E-state index contributed by atoms with van der Waals surface area (Å²) in [6, 6.07) is 7.13. The average molecular weight is 542 g/mol. The van der Waals surface area contributed by atoms with Crippen LogP contribution in [0.1, 0.15) is 13.3 Å². The minimum absolute atomic E-state index is 0.102. The first-order chi connectivity index (χ1) is 17.7. The summed E-state index contributed by atoms with van der Waals surface area (Å²) in [6.45, 7) is 11.1. The molecule has 3 aromatic rings. The SMILES string of the molecule is C=CC(=O)N[C@H]1CCN(C(=C)C)C[C@H]1Nc1ncc2cc(-c3c(Cl)c(OC)cc(OC)c3Cl)ccc2n1. The number of halogens is 2. The molecule has 1 saturated heterocycles. The Kier molecular flexibility index (Phi) is 8.10. The highest BCUT2D eigenvalue weighted by atomic mass is 35.5. The van der Waals surface area contributed by atoms with Gasteiger partial charge in [-0.3, -0.25) is 4.79 Å². The van der Waals surface area contributed by atoms with E-state index in [1.165, 1.54) is 20.3 Å². The number of piperidine rings is 1. The first-order valence-corrected chi connectivity index (χ1v) is 12.5. The molecule has 0 spiro atoms. The largest absolute Gasteiger partial charge is 0.495 e. The number of methoxy groups -OCH3 is 2. The van der Waals surface area contributed by atoms with Crippen molar-refractivity contribution in [3.05, 3.63) is 65.4 Å². The van der Waals surface area contributed by atoms with Crippen LogP contribution in [0.15, 0.2) is 55.4 Å². The second-order valence-corrected chi connectivity index (χ2v) is 9.55. The molecule has 1 amide bonds. The maximum absolute atomic E-state index is 12.0. The minimum atomic E-state index is -0.209. The number of hydrogen-bond acceptors (Lipinski definition) is 7. The van der Waals surface area contributed by atoms with Crippen LogP contribution in [-0.2, 0) is 4.79 Å². The summed E-state index contributed by atoms with van der Waals surface area (Å²) >= 11 is 13.2. The molecule has 10 heteroatoms. The lowest BCUT2D eigenvalue weighted by molar-refractivity contribution is -0.117. The maximum Gasteiger partial charge on any atom is 0.243 e. The van der Waals surface area contributed by atoms with E-state index in [0.29, 0.717) is 39.6 Å². The van der Waals surface area contributed by atoms with Crippen molar-refractivity contribution in [1.82, 2.24) is 20.2 Å². The van der Waals surface area contributed by atoms with E-state index in [9.17, 15) is 4.79 Å². The van der Waals surface area contributed by atoms with Crippen molar-refractivity contribution < 1.29 is 14.3 Å². The van der Waals surface area contributed by atoms with E-state index in [1.54, 1.807) is 12.3 Å². The molecular formula is C27H29Cl2N5O3. The molecule has 1 fully saturated rings. The normalized spacial score (nSPS) is 17.3. The number of nitrogens with one attached hydrogen (secondary N) is 2. The molecule has 0 unspecified atom stereocenters. The van der Waals surface area contributed by atoms with Crippen LogP contribution in [-0.4, -0.2) is 60.2 Å². The Balaban J connectivity index is 1.64. The number of hydrogen-bond donors (Lipinski definition) is 2. The van der Waals surface area contributed by atoms with Crippen molar-refractivity contribution in [2.75, 3.05) is 32.6 Å². The minimum Gasteiger partial charge on any atom is -0.495 e. The zero-order valence-electron chi connectivity index (χ0n) is 21.0. The summed E-state index contributed by atoms with van der Waals surface area (Å²) in [5, 5.41) is 8.00. The predicted octanol–water partition coefficient (Wildman–Crippen LogP) is 5.31. The zero-order valence-corrected chi connectivity index (χ0v) is 22.5. The van der Waals surface area contributed by atoms with E-state index in [2.05, 4.69) is 33.7 Å². The fourth-order valence-electron chi connectivity index (χ4n) is 4.42. The number of benzene rings is 2. The van der Waals surface area contributed by atoms with Gasteiger partial charge in [0, 0.05) is 42.0 Å². The molecule has 2 N–H and O–H groups in total. The number of rotatable bonds is 8. The monoisotopic (exact) mass is 541 g/mol. The number of anilines is 1. The smallest absolute Gasteiger partial charge is 0.243 e. The van der Waals surface area contributed by atoms with Gasteiger partial charge in [0.1, 0.15) is 11.5 Å². The van der Waals surface area contributed by atoms with Crippen molar-refractivity contribution in [3.63, 3.8) is 0 Å². The van der Waals surface area contributed by atoms with Crippen LogP contribution in [0.3, 0.4) is 0 Å². The lowest BCUT2D eigenvalue weighted by atomic mass is 9.98. The van der Waals surface area contributed by atoms with Gasteiger partial charge in [-0.2, -0.15) is 0 Å². The molecule has 0 bridgehead atoms. The van der Waals surface area contributed by atoms with E-state index in [4.69, 9.17) is 37.7 Å². The fourth-order valence-corrected chi connectivity index (χ4v) is 5.14. The van der Waals surface area contributed by atoms with Gasteiger partial charge in [-0.15, -0.1) is 0 Å². The number of nitrogens with zero attached hydrogens (tertiary/aromatic N) is 3. The van der Waals surface area contributed by atoms with Crippen molar-refractivity contribution in [1.29, 1.82) is 0 Å². The molecule has 4 rings (SSSR count). The van der Waals surface area contributed by atoms with Gasteiger partial charge in [-0.25, -0.2) is 9.97 Å². The molecule has 2 aromatic carbocycles. The third-order valence-corrected chi connectivity index (χ3v) is 7.17. The first-order valence-electron chi connectivity index (χ1n) is 11.7. The van der Waals surface area contributed by atoms with E-state index < -0.39 is 0 Å². The highest BCUT2D eigenvalue weighted by Gasteiger charge is 2.30. The lowest BCUT2D eigenvalue weighted by Crippen LogP contribution is -2.56. The molecule has 0 aliphatic carbocycles. The van der Waals surface area contributed by atoms with Crippen LogP contribution in [0.2, 0.25) is 10.0 Å². The van der Waals surface area contributed by atoms with Crippen molar-refractivity contribution in [3.8, 4) is 22.6 Å². The van der Waals surface area contributed by atoms with Crippen LogP contribution in [0.4, 0.5) is 5.95 Å². The predicted molar refractivity (Wildman–Crippen MR) is 149 cm³/mol. The van der Waals surface area contributed by atoms with Crippen LogP contribution >= 0.6 is 23.2 Å². The summed E-state index contributed by atoms with van der Waals surface area (Å²) in [5.41, 5.74) is 3.09. The fraction of sp³-hybridized carbons (Fsp3) is 0.296. The molecule has 1 aliphatic rings. The van der Waals surface area contributed by atoms with Gasteiger partial charge >= 0.3 is 0 Å². The third-order valence-electron chi connectivity index (χ3n) is 6.42. The Morgan fingerprint density at radius 3 is 2.49 bits per heavy atom. The van der Waals surface area contributed by atoms with Crippen LogP contribution in [0.5, 0.6) is 11.5 Å². The van der Waals surface area contributed by atoms with E-state index in [-0.39, 0.29) is 18.0 Å². The standard InChI is InChI=1S/C27H29Cl2N5O3/c1-6-23(35)31-19-9-10-34(15(2)3)14-20(19)33-27-30-13-17-11-16(7-8-18(17)32-27)24-25(28)21(36-4)12-22(37-5)26(24)29/h6-8,11-13,19-20H,1-2,9-10,14H2,3-5H3,(H,31,35)(H,30,32,33)/t19-,20+/m0/s1. The molecule has 0 saturated carbocycles. The zero-order chi connectivity index (χ0) is 26.7. The second kappa shape index (κ2) is 11.3. The Morgan fingerprint density at radius 1 is 1.16 bits per heavy atom. The van der Waals surface area contributed by atoms with E-state index in [0.717, 1.165) is 35.1 Å². The summed E-state index contributed by atoms with van der Waals surface area (Å²) in [6.07, 6.45) is 3.78. The highest BCUT2D eigenvalue weighted by Crippen LogP contribution is 2.46. The molecular weight excluding hydrogens is 513 g/mol. The van der Waals surface area contributed by atoms with Gasteiger partial charge in [0.05, 0.1) is 41.9 Å². The van der Waals surface area contributed by atoms with Crippen LogP contribution in [0, 0.1) is 0 Å². The average Bonchev–Trinajstić information content (AvgIpc) is 2.89. The number of likely N-dealkylation sites (tertiary alicyclic amines) is 1. The number of carbonyl (C=O) groups excluding carboxylic acids is 1. The third kappa shape index (κ3) is 5.60. The molecule has 1 aliphatic heterocycles. The topological polar surface area (TPSA) is 88.6 Å². The number of carbonyl (C=O) groups is 1. The van der Waals surface area contributed by atoms with Crippen molar-refractivity contribution >= 4 is 46.0 Å². The Morgan fingerprint density at radius 2 is 1.86 bits per heavy atom. The summed E-state index contributed by atoms with van der Waals surface area (Å²) in [7, 11) is 3.08. The van der Waals surface area contributed by atoms with E-state index in [1.807, 2.05) is 25.1 Å². The van der Waals surface area contributed by atoms with Crippen molar-refractivity contribution in [2.45, 2.75) is 25.4 Å². The Labute approximate surface area is 226 Å². The first kappa shape index (κ1) is 26.6. The number of aromatic nitrogens is 2. The van der Waals surface area contributed by atoms with Crippen molar-refractivity contribution in [2.24, 2.45) is 0 Å². The quantitative estimate of drug-likeness (QED) is 0.373. The molecule has 1 aromatic heterocycles. The number of amides is 1. The van der Waals surface area contributed by atoms with Gasteiger partial charge in [-0.05, 0) is 37.1 Å². The molecule has 194 valence electrons. The molecule has 2 heterocycles. The molecule has 2 atom stereocenters. The lowest BCUT2D eigenvalue weighted by Gasteiger charge is -2.40. The van der Waals surface area contributed by atoms with Crippen LogP contribution < -0.4 is 20.1 Å². The molecule has 0 radical (unpaired) electrons. The van der Waals surface area contributed by atoms with Crippen LogP contribution in [0.25, 0.3) is 22.0 Å². The Hall–Kier alpha value is -3.49. The number of allylic oxidation sites excluding steroid dienone is 1. The summed E-state index contributed by atoms with van der Waals surface area (Å²) in [4.78, 5) is 23.4. The van der Waals surface area contributed by atoms with Gasteiger partial charge in [-0.1, -0.05) is 42.4 Å². The second-order valence-electron chi connectivity index (χ2n) is 8.79. The highest BCUT2D eigenvalue weighted by molar-refractivity contribution is 6.41. The molecule has 37 heavy (non-hydrogen) atoms. The summed E-state index contributed by atoms with van der Waals surface area (Å²) in [5.74, 6) is 1.18. The maximum atomic E-state index is 12.0. The summed E-state index contributed by atoms with van der Waals surface area (Å²) < 4.78 is 10.8. The van der Waals surface area contributed by atoms with Gasteiger partial charge in [0.15, 0.2) is 0 Å². The number of fused-ring (bicyclic) bond motifs is 1. The van der Waals surface area contributed by atoms with Gasteiger partial charge in [0.2, 0.25) is 11.9 Å². The van der Waals surface area contributed by atoms with Gasteiger partial charge < -0.3 is 25.0 Å². The van der Waals surface area contributed by atoms with E-state index >= 15 is 0 Å².